The molecule has 1 amide bonds. The van der Waals surface area contributed by atoms with Crippen molar-refractivity contribution in [1.82, 2.24) is 9.80 Å². The molecule has 0 radical (unpaired) electrons. The number of likely N-dealkylation sites (tertiary alicyclic amines) is 1. The van der Waals surface area contributed by atoms with Crippen molar-refractivity contribution < 1.29 is 28.2 Å². The van der Waals surface area contributed by atoms with Crippen LogP contribution in [-0.2, 0) is 9.59 Å². The SMILES string of the molecule is COc1ccc(/C(O)=C2\C(=O)C(=O)N(CCN(C)C)[C@@H]2c2ccc(F)cc2)cc1F. The number of nitrogens with zero attached hydrogens (tertiary/aromatic N) is 2. The molecule has 2 aromatic rings. The molecule has 1 aliphatic heterocycles. The predicted octanol–water partition coefficient (Wildman–Crippen LogP) is 2.96. The number of aliphatic hydroxyl groups is 1. The first-order valence-corrected chi connectivity index (χ1v) is 9.27. The molecule has 1 heterocycles. The van der Waals surface area contributed by atoms with E-state index in [4.69, 9.17) is 4.74 Å². The summed E-state index contributed by atoms with van der Waals surface area (Å²) in [6, 6.07) is 8.17. The van der Waals surface area contributed by atoms with E-state index >= 15 is 0 Å². The van der Waals surface area contributed by atoms with Crippen molar-refractivity contribution in [1.29, 1.82) is 0 Å². The summed E-state index contributed by atoms with van der Waals surface area (Å²) in [6.45, 7) is 0.690. The normalized spacial score (nSPS) is 18.3. The smallest absolute Gasteiger partial charge is 0.295 e. The number of ketones is 1. The Bertz CT molecular complexity index is 1000. The maximum absolute atomic E-state index is 14.2. The lowest BCUT2D eigenvalue weighted by Crippen LogP contribution is -2.35. The maximum Gasteiger partial charge on any atom is 0.295 e. The lowest BCUT2D eigenvalue weighted by Gasteiger charge is -2.26. The van der Waals surface area contributed by atoms with Crippen LogP contribution < -0.4 is 4.74 Å². The van der Waals surface area contributed by atoms with Crippen molar-refractivity contribution in [3.63, 3.8) is 0 Å². The van der Waals surface area contributed by atoms with Gasteiger partial charge >= 0.3 is 0 Å². The lowest BCUT2D eigenvalue weighted by molar-refractivity contribution is -0.140. The summed E-state index contributed by atoms with van der Waals surface area (Å²) in [5.41, 5.74) is 0.325. The van der Waals surface area contributed by atoms with Crippen LogP contribution in [-0.4, -0.2) is 60.9 Å². The van der Waals surface area contributed by atoms with Crippen LogP contribution in [0.1, 0.15) is 17.2 Å². The number of carbonyl (C=O) groups excluding carboxylic acids is 2. The number of Topliss-reactive ketones (excluding diaryl/α,β-unsaturated/α-hetero) is 1. The molecule has 158 valence electrons. The van der Waals surface area contributed by atoms with Gasteiger partial charge < -0.3 is 19.6 Å². The largest absolute Gasteiger partial charge is 0.507 e. The van der Waals surface area contributed by atoms with Gasteiger partial charge in [-0.05, 0) is 50.0 Å². The van der Waals surface area contributed by atoms with Crippen molar-refractivity contribution in [2.75, 3.05) is 34.3 Å². The summed E-state index contributed by atoms with van der Waals surface area (Å²) in [4.78, 5) is 28.7. The van der Waals surface area contributed by atoms with E-state index in [1.54, 1.807) is 0 Å². The van der Waals surface area contributed by atoms with Gasteiger partial charge in [-0.15, -0.1) is 0 Å². The summed E-state index contributed by atoms with van der Waals surface area (Å²) in [7, 11) is 4.95. The fraction of sp³-hybridized carbons (Fsp3) is 0.273. The van der Waals surface area contributed by atoms with E-state index in [0.717, 1.165) is 6.07 Å². The third-order valence-corrected chi connectivity index (χ3v) is 4.94. The Balaban J connectivity index is 2.14. The Morgan fingerprint density at radius 3 is 2.37 bits per heavy atom. The zero-order valence-electron chi connectivity index (χ0n) is 16.9. The number of hydrogen-bond acceptors (Lipinski definition) is 5. The quantitative estimate of drug-likeness (QED) is 0.446. The second kappa shape index (κ2) is 8.62. The first kappa shape index (κ1) is 21.4. The molecule has 1 N–H and O–H groups in total. The summed E-state index contributed by atoms with van der Waals surface area (Å²) in [6.07, 6.45) is 0. The minimum Gasteiger partial charge on any atom is -0.507 e. The van der Waals surface area contributed by atoms with Gasteiger partial charge in [0.05, 0.1) is 18.7 Å². The Morgan fingerprint density at radius 2 is 1.80 bits per heavy atom. The van der Waals surface area contributed by atoms with Gasteiger partial charge in [0.2, 0.25) is 0 Å². The second-order valence-electron chi connectivity index (χ2n) is 7.20. The molecule has 1 fully saturated rings. The Labute approximate surface area is 173 Å². The molecular formula is C22H22F2N2O4. The summed E-state index contributed by atoms with van der Waals surface area (Å²) in [5.74, 6) is -3.37. The zero-order chi connectivity index (χ0) is 22.0. The molecule has 0 aromatic heterocycles. The zero-order valence-corrected chi connectivity index (χ0v) is 16.9. The molecule has 0 aliphatic carbocycles. The molecule has 0 unspecified atom stereocenters. The molecule has 6 nitrogen and oxygen atoms in total. The number of halogens is 2. The van der Waals surface area contributed by atoms with Crippen LogP contribution >= 0.6 is 0 Å². The molecule has 3 rings (SSSR count). The third kappa shape index (κ3) is 4.04. The molecule has 0 spiro atoms. The van der Waals surface area contributed by atoms with E-state index in [2.05, 4.69) is 0 Å². The van der Waals surface area contributed by atoms with Crippen LogP contribution in [0.4, 0.5) is 8.78 Å². The summed E-state index contributed by atoms with van der Waals surface area (Å²) < 4.78 is 32.5. The van der Waals surface area contributed by atoms with Crippen molar-refractivity contribution in [2.24, 2.45) is 0 Å². The minimum absolute atomic E-state index is 0.0203. The summed E-state index contributed by atoms with van der Waals surface area (Å²) in [5, 5.41) is 10.9. The van der Waals surface area contributed by atoms with Crippen molar-refractivity contribution >= 4 is 17.4 Å². The van der Waals surface area contributed by atoms with E-state index in [0.29, 0.717) is 12.1 Å². The molecule has 1 aliphatic rings. The Hall–Kier alpha value is -3.26. The van der Waals surface area contributed by atoms with Gasteiger partial charge in [-0.1, -0.05) is 12.1 Å². The molecule has 1 saturated heterocycles. The highest BCUT2D eigenvalue weighted by Crippen LogP contribution is 2.39. The van der Waals surface area contributed by atoms with Gasteiger partial charge in [0.15, 0.2) is 11.6 Å². The average Bonchev–Trinajstić information content (AvgIpc) is 2.96. The van der Waals surface area contributed by atoms with Crippen LogP contribution in [0.25, 0.3) is 5.76 Å². The van der Waals surface area contributed by atoms with E-state index in [9.17, 15) is 23.5 Å². The molecule has 0 saturated carbocycles. The van der Waals surface area contributed by atoms with E-state index in [-0.39, 0.29) is 23.4 Å². The maximum atomic E-state index is 14.2. The average molecular weight is 416 g/mol. The van der Waals surface area contributed by atoms with Crippen LogP contribution in [0.15, 0.2) is 48.0 Å². The van der Waals surface area contributed by atoms with Crippen molar-refractivity contribution in [3.05, 3.63) is 70.8 Å². The molecule has 30 heavy (non-hydrogen) atoms. The Kier molecular flexibility index (Phi) is 6.17. The number of ether oxygens (including phenoxy) is 1. The number of rotatable bonds is 6. The number of methoxy groups -OCH3 is 1. The number of hydrogen-bond donors (Lipinski definition) is 1. The van der Waals surface area contributed by atoms with Crippen LogP contribution in [0.5, 0.6) is 5.75 Å². The molecule has 8 heteroatoms. The number of benzene rings is 2. The van der Waals surface area contributed by atoms with Gasteiger partial charge in [-0.3, -0.25) is 9.59 Å². The topological polar surface area (TPSA) is 70.1 Å². The number of aliphatic hydroxyl groups excluding tert-OH is 1. The van der Waals surface area contributed by atoms with Crippen LogP contribution in [0.3, 0.4) is 0 Å². The van der Waals surface area contributed by atoms with Crippen LogP contribution in [0, 0.1) is 11.6 Å². The predicted molar refractivity (Wildman–Crippen MR) is 107 cm³/mol. The minimum atomic E-state index is -0.921. The van der Waals surface area contributed by atoms with Gasteiger partial charge in [0.1, 0.15) is 11.6 Å². The fourth-order valence-corrected chi connectivity index (χ4v) is 3.38. The van der Waals surface area contributed by atoms with Gasteiger partial charge in [0, 0.05) is 18.7 Å². The van der Waals surface area contributed by atoms with Gasteiger partial charge in [-0.25, -0.2) is 8.78 Å². The lowest BCUT2D eigenvalue weighted by atomic mass is 9.95. The van der Waals surface area contributed by atoms with Gasteiger partial charge in [-0.2, -0.15) is 0 Å². The monoisotopic (exact) mass is 416 g/mol. The first-order chi connectivity index (χ1) is 14.2. The first-order valence-electron chi connectivity index (χ1n) is 9.27. The number of amides is 1. The highest BCUT2D eigenvalue weighted by Gasteiger charge is 2.45. The van der Waals surface area contributed by atoms with Crippen LogP contribution in [0.2, 0.25) is 0 Å². The molecular weight excluding hydrogens is 394 g/mol. The Morgan fingerprint density at radius 1 is 1.13 bits per heavy atom. The fourth-order valence-electron chi connectivity index (χ4n) is 3.38. The number of carbonyl (C=O) groups is 2. The molecule has 1 atom stereocenters. The molecule has 0 bridgehead atoms. The number of likely N-dealkylation sites (N-methyl/N-ethyl adjacent to an activating group) is 1. The highest BCUT2D eigenvalue weighted by atomic mass is 19.1. The van der Waals surface area contributed by atoms with E-state index < -0.39 is 35.1 Å². The second-order valence-corrected chi connectivity index (χ2v) is 7.20. The highest BCUT2D eigenvalue weighted by molar-refractivity contribution is 6.46. The van der Waals surface area contributed by atoms with Gasteiger partial charge in [0.25, 0.3) is 11.7 Å². The standard InChI is InChI=1S/C22H22F2N2O4/c1-25(2)10-11-26-19(13-4-7-15(23)8-5-13)18(21(28)22(26)29)20(27)14-6-9-17(30-3)16(24)12-14/h4-9,12,19,27H,10-11H2,1-3H3/b20-18+/t19-/m1/s1. The van der Waals surface area contributed by atoms with E-state index in [1.165, 1.54) is 48.4 Å². The van der Waals surface area contributed by atoms with Crippen molar-refractivity contribution in [3.8, 4) is 5.75 Å². The summed E-state index contributed by atoms with van der Waals surface area (Å²) >= 11 is 0. The van der Waals surface area contributed by atoms with E-state index in [1.807, 2.05) is 19.0 Å². The third-order valence-electron chi connectivity index (χ3n) is 4.94. The van der Waals surface area contributed by atoms with Crippen molar-refractivity contribution in [2.45, 2.75) is 6.04 Å². The molecule has 2 aromatic carbocycles.